The molecule has 0 spiro atoms. The number of aromatic nitrogens is 4. The summed E-state index contributed by atoms with van der Waals surface area (Å²) in [4.78, 5) is 41.3. The Morgan fingerprint density at radius 1 is 1.50 bits per heavy atom. The molecule has 118 valence electrons. The van der Waals surface area contributed by atoms with E-state index in [4.69, 9.17) is 5.11 Å². The number of aryl methyl sites for hydroxylation is 1. The second-order valence-corrected chi connectivity index (χ2v) is 5.97. The number of allylic oxidation sites excluding steroid dienone is 2. The molecule has 9 heteroatoms. The largest absolute Gasteiger partial charge is 0.480 e. The molecule has 0 amide bonds. The predicted octanol–water partition coefficient (Wildman–Crippen LogP) is 0.565. The maximum atomic E-state index is 12.1. The number of carbonyl (C=O) groups is 1. The topological polar surface area (TPSA) is 110 Å². The Kier molecular flexibility index (Phi) is 4.55. The fourth-order valence-electron chi connectivity index (χ4n) is 1.89. The van der Waals surface area contributed by atoms with E-state index in [0.29, 0.717) is 11.7 Å². The maximum absolute atomic E-state index is 12.1. The normalized spacial score (nSPS) is 13.0. The molecule has 0 aliphatic carbocycles. The molecule has 0 unspecified atom stereocenters. The van der Waals surface area contributed by atoms with Gasteiger partial charge in [0, 0.05) is 13.6 Å². The van der Waals surface area contributed by atoms with Gasteiger partial charge in [0.25, 0.3) is 5.56 Å². The van der Waals surface area contributed by atoms with Gasteiger partial charge in [0.2, 0.25) is 0 Å². The van der Waals surface area contributed by atoms with E-state index in [1.54, 1.807) is 4.57 Å². The lowest BCUT2D eigenvalue weighted by Gasteiger charge is -2.07. The molecule has 2 aromatic rings. The summed E-state index contributed by atoms with van der Waals surface area (Å²) in [7, 11) is 1.50. The second kappa shape index (κ2) is 6.22. The number of rotatable bonds is 5. The minimum Gasteiger partial charge on any atom is -0.480 e. The Morgan fingerprint density at radius 2 is 2.18 bits per heavy atom. The Bertz CT molecular complexity index is 861. The molecule has 0 saturated carbocycles. The Labute approximate surface area is 129 Å². The van der Waals surface area contributed by atoms with Crippen molar-refractivity contribution >= 4 is 28.9 Å². The second-order valence-electron chi connectivity index (χ2n) is 4.66. The molecule has 0 radical (unpaired) electrons. The van der Waals surface area contributed by atoms with Crippen LogP contribution in [0.2, 0.25) is 0 Å². The number of imidazole rings is 1. The molecule has 0 aliphatic heterocycles. The number of carboxylic acid groups (broad SMARTS) is 1. The van der Waals surface area contributed by atoms with Crippen molar-refractivity contribution < 1.29 is 9.90 Å². The quantitative estimate of drug-likeness (QED) is 0.614. The number of thioether (sulfide) groups is 1. The lowest BCUT2D eigenvalue weighted by molar-refractivity contribution is -0.136. The van der Waals surface area contributed by atoms with Crippen molar-refractivity contribution in [2.24, 2.45) is 7.05 Å². The summed E-state index contributed by atoms with van der Waals surface area (Å²) in [6.07, 6.45) is 3.64. The third-order valence-corrected chi connectivity index (χ3v) is 4.20. The van der Waals surface area contributed by atoms with E-state index in [2.05, 4.69) is 9.97 Å². The van der Waals surface area contributed by atoms with Gasteiger partial charge in [-0.1, -0.05) is 23.9 Å². The van der Waals surface area contributed by atoms with Crippen LogP contribution in [0.25, 0.3) is 11.2 Å². The van der Waals surface area contributed by atoms with Gasteiger partial charge in [0.05, 0.1) is 0 Å². The molecule has 0 saturated heterocycles. The number of aliphatic carboxylic acids is 1. The monoisotopic (exact) mass is 324 g/mol. The fraction of sp³-hybridized carbons (Fsp3) is 0.385. The number of nitrogens with zero attached hydrogens (tertiary/aromatic N) is 3. The fourth-order valence-corrected chi connectivity index (χ4v) is 2.74. The summed E-state index contributed by atoms with van der Waals surface area (Å²) in [5.41, 5.74) is -0.612. The molecule has 2 heterocycles. The maximum Gasteiger partial charge on any atom is 0.329 e. The van der Waals surface area contributed by atoms with Crippen LogP contribution in [-0.4, -0.2) is 35.4 Å². The van der Waals surface area contributed by atoms with E-state index >= 15 is 0 Å². The van der Waals surface area contributed by atoms with Gasteiger partial charge in [-0.15, -0.1) is 0 Å². The van der Waals surface area contributed by atoms with E-state index < -0.39 is 22.5 Å². The summed E-state index contributed by atoms with van der Waals surface area (Å²) in [6.45, 7) is 3.74. The lowest BCUT2D eigenvalue weighted by atomic mass is 10.4. The van der Waals surface area contributed by atoms with Crippen LogP contribution in [-0.2, 0) is 18.4 Å². The van der Waals surface area contributed by atoms with Crippen LogP contribution in [0.15, 0.2) is 26.9 Å². The first-order valence-corrected chi connectivity index (χ1v) is 7.45. The molecular weight excluding hydrogens is 308 g/mol. The first kappa shape index (κ1) is 16.1. The number of H-pyrrole nitrogens is 1. The first-order chi connectivity index (χ1) is 10.4. The summed E-state index contributed by atoms with van der Waals surface area (Å²) in [5, 5.41) is 8.70. The predicted molar refractivity (Wildman–Crippen MR) is 83.4 cm³/mol. The highest BCUT2D eigenvalue weighted by Gasteiger charge is 2.21. The Hall–Kier alpha value is -2.29. The third-order valence-electron chi connectivity index (χ3n) is 3.13. The summed E-state index contributed by atoms with van der Waals surface area (Å²) in [6, 6.07) is 0. The minimum absolute atomic E-state index is 0.235. The van der Waals surface area contributed by atoms with Crippen molar-refractivity contribution in [3.05, 3.63) is 33.0 Å². The molecule has 2 rings (SSSR count). The molecule has 2 aromatic heterocycles. The summed E-state index contributed by atoms with van der Waals surface area (Å²) >= 11 is 1.03. The Morgan fingerprint density at radius 3 is 2.77 bits per heavy atom. The van der Waals surface area contributed by atoms with Crippen molar-refractivity contribution in [1.82, 2.24) is 19.1 Å². The number of hydrogen-bond donors (Lipinski definition) is 2. The standard InChI is InChI=1S/C13H16N4O4S/c1-4-5-6-17-8-9(16(3)12(21)15-10(8)18)14-13(17)22-7(2)11(19)20/h4-5,7H,6H2,1-3H3,(H,19,20)(H,15,18,21)/b5-4+/t7-/m0/s1. The molecular formula is C13H16N4O4S. The number of carboxylic acids is 1. The number of hydrogen-bond acceptors (Lipinski definition) is 5. The average molecular weight is 324 g/mol. The smallest absolute Gasteiger partial charge is 0.329 e. The van der Waals surface area contributed by atoms with Crippen molar-refractivity contribution in [3.8, 4) is 0 Å². The average Bonchev–Trinajstić information content (AvgIpc) is 2.81. The highest BCUT2D eigenvalue weighted by atomic mass is 32.2. The van der Waals surface area contributed by atoms with Crippen LogP contribution < -0.4 is 11.2 Å². The molecule has 0 fully saturated rings. The lowest BCUT2D eigenvalue weighted by Crippen LogP contribution is -2.29. The van der Waals surface area contributed by atoms with Gasteiger partial charge in [-0.25, -0.2) is 9.78 Å². The van der Waals surface area contributed by atoms with E-state index in [0.717, 1.165) is 11.8 Å². The van der Waals surface area contributed by atoms with Gasteiger partial charge >= 0.3 is 11.7 Å². The zero-order valence-corrected chi connectivity index (χ0v) is 13.2. The van der Waals surface area contributed by atoms with Crippen LogP contribution in [0.5, 0.6) is 0 Å². The zero-order valence-electron chi connectivity index (χ0n) is 12.4. The molecule has 1 atom stereocenters. The first-order valence-electron chi connectivity index (χ1n) is 6.57. The van der Waals surface area contributed by atoms with Gasteiger partial charge < -0.3 is 9.67 Å². The van der Waals surface area contributed by atoms with Gasteiger partial charge in [-0.05, 0) is 13.8 Å². The molecule has 0 aliphatic rings. The third kappa shape index (κ3) is 2.84. The van der Waals surface area contributed by atoms with E-state index in [1.807, 2.05) is 19.1 Å². The zero-order chi connectivity index (χ0) is 16.4. The summed E-state index contributed by atoms with van der Waals surface area (Å²) < 4.78 is 2.84. The van der Waals surface area contributed by atoms with Gasteiger partial charge in [0.1, 0.15) is 5.25 Å². The van der Waals surface area contributed by atoms with Crippen LogP contribution in [0, 0.1) is 0 Å². The minimum atomic E-state index is -0.975. The highest BCUT2D eigenvalue weighted by Crippen LogP contribution is 2.25. The van der Waals surface area contributed by atoms with Crippen molar-refractivity contribution in [3.63, 3.8) is 0 Å². The van der Waals surface area contributed by atoms with E-state index in [-0.39, 0.29) is 11.2 Å². The molecule has 0 aromatic carbocycles. The Balaban J connectivity index is 2.72. The van der Waals surface area contributed by atoms with Gasteiger partial charge in [-0.2, -0.15) is 0 Å². The van der Waals surface area contributed by atoms with E-state index in [9.17, 15) is 14.4 Å². The van der Waals surface area contributed by atoms with Crippen molar-refractivity contribution in [1.29, 1.82) is 0 Å². The number of aromatic amines is 1. The van der Waals surface area contributed by atoms with E-state index in [1.165, 1.54) is 18.5 Å². The van der Waals surface area contributed by atoms with Gasteiger partial charge in [0.15, 0.2) is 16.3 Å². The molecule has 2 N–H and O–H groups in total. The van der Waals surface area contributed by atoms with Crippen LogP contribution in [0.4, 0.5) is 0 Å². The van der Waals surface area contributed by atoms with Gasteiger partial charge in [-0.3, -0.25) is 19.1 Å². The van der Waals surface area contributed by atoms with Crippen molar-refractivity contribution in [2.75, 3.05) is 0 Å². The highest BCUT2D eigenvalue weighted by molar-refractivity contribution is 8.00. The number of nitrogens with one attached hydrogen (secondary N) is 1. The SMILES string of the molecule is C/C=C/Cn1c(S[C@@H](C)C(=O)O)nc2c1c(=O)[nH]c(=O)n2C. The van der Waals surface area contributed by atoms with Crippen LogP contribution in [0.3, 0.4) is 0 Å². The molecule has 0 bridgehead atoms. The molecule has 22 heavy (non-hydrogen) atoms. The van der Waals surface area contributed by atoms with Crippen LogP contribution in [0.1, 0.15) is 13.8 Å². The number of fused-ring (bicyclic) bond motifs is 1. The van der Waals surface area contributed by atoms with Crippen LogP contribution >= 0.6 is 11.8 Å². The van der Waals surface area contributed by atoms with Crippen molar-refractivity contribution in [2.45, 2.75) is 30.8 Å². The summed E-state index contributed by atoms with van der Waals surface area (Å²) in [5.74, 6) is -0.975. The molecule has 8 nitrogen and oxygen atoms in total.